The van der Waals surface area contributed by atoms with E-state index in [9.17, 15) is 14.7 Å². The van der Waals surface area contributed by atoms with E-state index in [4.69, 9.17) is 9.84 Å². The number of ether oxygens (including phenoxy) is 1. The van der Waals surface area contributed by atoms with Crippen LogP contribution in [0.15, 0.2) is 14.6 Å². The zero-order valence-corrected chi connectivity index (χ0v) is 11.3. The molecule has 104 valence electrons. The van der Waals surface area contributed by atoms with E-state index in [0.717, 1.165) is 4.68 Å². The second-order valence-electron chi connectivity index (χ2n) is 4.00. The number of H-pyrrole nitrogens is 1. The second-order valence-corrected chi connectivity index (χ2v) is 4.53. The lowest BCUT2D eigenvalue weighted by molar-refractivity contribution is -0.0507. The molecule has 1 unspecified atom stereocenters. The van der Waals surface area contributed by atoms with E-state index in [1.54, 1.807) is 0 Å². The topological polar surface area (TPSA) is 117 Å². The highest BCUT2D eigenvalue weighted by atomic mass is 79.9. The number of rotatable bonds is 3. The van der Waals surface area contributed by atoms with Crippen LogP contribution in [0.1, 0.15) is 18.3 Å². The van der Waals surface area contributed by atoms with Crippen molar-refractivity contribution in [2.24, 2.45) is 0 Å². The maximum atomic E-state index is 11.7. The summed E-state index contributed by atoms with van der Waals surface area (Å²) in [7, 11) is 0. The molecular weight excluding hydrogens is 322 g/mol. The van der Waals surface area contributed by atoms with Crippen molar-refractivity contribution in [1.82, 2.24) is 14.8 Å². The number of aromatic nitrogens is 3. The Morgan fingerprint density at radius 2 is 2.32 bits per heavy atom. The molecular formula is C10H12BrN3O5. The Bertz CT molecular complexity index is 596. The molecule has 3 N–H and O–H groups in total. The van der Waals surface area contributed by atoms with Gasteiger partial charge in [-0.15, -0.1) is 0 Å². The summed E-state index contributed by atoms with van der Waals surface area (Å²) in [4.78, 5) is 26.7. The van der Waals surface area contributed by atoms with Gasteiger partial charge in [0.05, 0.1) is 12.7 Å². The van der Waals surface area contributed by atoms with E-state index in [2.05, 4.69) is 26.0 Å². The summed E-state index contributed by atoms with van der Waals surface area (Å²) in [5.74, 6) is 0. The zero-order chi connectivity index (χ0) is 14.0. The van der Waals surface area contributed by atoms with Crippen LogP contribution in [0.4, 0.5) is 0 Å². The molecule has 2 rings (SSSR count). The summed E-state index contributed by atoms with van der Waals surface area (Å²) in [5, 5.41) is 22.5. The molecule has 0 radical (unpaired) electrons. The van der Waals surface area contributed by atoms with E-state index < -0.39 is 29.7 Å². The molecule has 0 aliphatic carbocycles. The van der Waals surface area contributed by atoms with Gasteiger partial charge in [-0.1, -0.05) is 15.9 Å². The van der Waals surface area contributed by atoms with Gasteiger partial charge in [-0.2, -0.15) is 9.78 Å². The van der Waals surface area contributed by atoms with Gasteiger partial charge in [0.1, 0.15) is 11.8 Å². The van der Waals surface area contributed by atoms with Gasteiger partial charge in [0.15, 0.2) is 6.23 Å². The molecule has 0 spiro atoms. The molecule has 0 bridgehead atoms. The number of nitrogens with zero attached hydrogens (tertiary/aromatic N) is 2. The first-order chi connectivity index (χ1) is 9.06. The minimum Gasteiger partial charge on any atom is -0.394 e. The molecule has 0 saturated carbocycles. The quantitative estimate of drug-likeness (QED) is 0.649. The van der Waals surface area contributed by atoms with E-state index in [1.807, 2.05) is 0 Å². The molecule has 3 atom stereocenters. The van der Waals surface area contributed by atoms with Gasteiger partial charge in [-0.05, 0) is 11.1 Å². The largest absolute Gasteiger partial charge is 0.394 e. The monoisotopic (exact) mass is 333 g/mol. The van der Waals surface area contributed by atoms with Crippen molar-refractivity contribution < 1.29 is 14.9 Å². The molecule has 19 heavy (non-hydrogen) atoms. The van der Waals surface area contributed by atoms with Crippen LogP contribution in [-0.2, 0) is 4.74 Å². The fourth-order valence-electron chi connectivity index (χ4n) is 1.82. The average Bonchev–Trinajstić information content (AvgIpc) is 2.74. The van der Waals surface area contributed by atoms with Gasteiger partial charge in [0, 0.05) is 6.42 Å². The van der Waals surface area contributed by atoms with Gasteiger partial charge < -0.3 is 14.9 Å². The number of aromatic amines is 1. The summed E-state index contributed by atoms with van der Waals surface area (Å²) >= 11 is 3.01. The maximum absolute atomic E-state index is 11.7. The molecule has 0 amide bonds. The third-order valence-corrected chi connectivity index (χ3v) is 3.02. The minimum absolute atomic E-state index is 0.0296. The number of aliphatic hydroxyl groups is 2. The van der Waals surface area contributed by atoms with Crippen LogP contribution in [0.5, 0.6) is 0 Å². The second kappa shape index (κ2) is 5.78. The van der Waals surface area contributed by atoms with E-state index >= 15 is 0 Å². The normalized spacial score (nSPS) is 27.2. The van der Waals surface area contributed by atoms with Crippen LogP contribution in [0.25, 0.3) is 6.08 Å². The van der Waals surface area contributed by atoms with Crippen LogP contribution >= 0.6 is 15.9 Å². The van der Waals surface area contributed by atoms with Crippen molar-refractivity contribution in [1.29, 1.82) is 0 Å². The van der Waals surface area contributed by atoms with Crippen molar-refractivity contribution in [2.45, 2.75) is 24.9 Å². The van der Waals surface area contributed by atoms with Crippen LogP contribution in [0.2, 0.25) is 0 Å². The van der Waals surface area contributed by atoms with Gasteiger partial charge in [-0.25, -0.2) is 4.79 Å². The number of hydrogen-bond donors (Lipinski definition) is 3. The summed E-state index contributed by atoms with van der Waals surface area (Å²) in [6.07, 6.45) is -0.976. The first kappa shape index (κ1) is 14.1. The number of halogens is 1. The zero-order valence-electron chi connectivity index (χ0n) is 9.69. The maximum Gasteiger partial charge on any atom is 0.347 e. The number of nitrogens with one attached hydrogen (secondary N) is 1. The molecule has 1 saturated heterocycles. The van der Waals surface area contributed by atoms with Crippen molar-refractivity contribution in [3.8, 4) is 0 Å². The van der Waals surface area contributed by atoms with Gasteiger partial charge in [-0.3, -0.25) is 9.78 Å². The lowest BCUT2D eigenvalue weighted by atomic mass is 10.2. The van der Waals surface area contributed by atoms with Crippen LogP contribution in [0, 0.1) is 0 Å². The predicted octanol–water partition coefficient (Wildman–Crippen LogP) is -1.06. The molecule has 9 heteroatoms. The Balaban J connectivity index is 2.38. The smallest absolute Gasteiger partial charge is 0.347 e. The Kier molecular flexibility index (Phi) is 4.30. The number of aliphatic hydroxyl groups excluding tert-OH is 2. The lowest BCUT2D eigenvalue weighted by Gasteiger charge is -2.13. The standard InChI is InChI=1S/C10H12BrN3O5/c11-2-1-5-9(17)12-10(18)14(13-5)8-3-6(16)7(4-15)19-8/h1-2,6-8,15-16H,3-4H2,(H,12,17,18)/b2-1+/t6?,7-,8-/m0/s1. The predicted molar refractivity (Wildman–Crippen MR) is 68.7 cm³/mol. The molecule has 1 fully saturated rings. The van der Waals surface area contributed by atoms with Gasteiger partial charge in [0.2, 0.25) is 0 Å². The molecule has 1 aliphatic rings. The van der Waals surface area contributed by atoms with Crippen molar-refractivity contribution in [3.63, 3.8) is 0 Å². The fourth-order valence-corrected chi connectivity index (χ4v) is 2.07. The molecule has 2 heterocycles. The number of hydrogen-bond acceptors (Lipinski definition) is 6. The third-order valence-electron chi connectivity index (χ3n) is 2.75. The SMILES string of the molecule is O=c1[nH]c(=O)n([C@@H]2CC(O)[C@H](CO)O2)nc1/C=C/Br. The van der Waals surface area contributed by atoms with Gasteiger partial charge in [0.25, 0.3) is 5.56 Å². The fraction of sp³-hybridized carbons (Fsp3) is 0.500. The Morgan fingerprint density at radius 3 is 2.89 bits per heavy atom. The van der Waals surface area contributed by atoms with Crippen molar-refractivity contribution in [3.05, 3.63) is 31.5 Å². The first-order valence-corrected chi connectivity index (χ1v) is 6.42. The summed E-state index contributed by atoms with van der Waals surface area (Å²) in [6, 6.07) is 0. The molecule has 1 aliphatic heterocycles. The summed E-state index contributed by atoms with van der Waals surface area (Å²) in [5.41, 5.74) is -1.32. The van der Waals surface area contributed by atoms with Crippen molar-refractivity contribution >= 4 is 22.0 Å². The van der Waals surface area contributed by atoms with E-state index in [-0.39, 0.29) is 18.7 Å². The summed E-state index contributed by atoms with van der Waals surface area (Å²) in [6.45, 7) is -0.357. The molecule has 1 aromatic heterocycles. The lowest BCUT2D eigenvalue weighted by Crippen LogP contribution is -2.36. The Hall–Kier alpha value is -1.29. The Labute approximate surface area is 115 Å². The van der Waals surface area contributed by atoms with Crippen molar-refractivity contribution in [2.75, 3.05) is 6.61 Å². The van der Waals surface area contributed by atoms with Gasteiger partial charge >= 0.3 is 5.69 Å². The third kappa shape index (κ3) is 2.84. The molecule has 0 aromatic carbocycles. The highest BCUT2D eigenvalue weighted by Gasteiger charge is 2.35. The molecule has 1 aromatic rings. The van der Waals surface area contributed by atoms with E-state index in [1.165, 1.54) is 11.1 Å². The average molecular weight is 334 g/mol. The van der Waals surface area contributed by atoms with Crippen LogP contribution < -0.4 is 11.2 Å². The highest BCUT2D eigenvalue weighted by Crippen LogP contribution is 2.26. The van der Waals surface area contributed by atoms with E-state index in [0.29, 0.717) is 0 Å². The highest BCUT2D eigenvalue weighted by molar-refractivity contribution is 9.11. The molecule has 8 nitrogen and oxygen atoms in total. The van der Waals surface area contributed by atoms with Crippen LogP contribution in [-0.4, -0.2) is 43.8 Å². The minimum atomic E-state index is -0.884. The first-order valence-electron chi connectivity index (χ1n) is 5.51. The van der Waals surface area contributed by atoms with Crippen LogP contribution in [0.3, 0.4) is 0 Å². The Morgan fingerprint density at radius 1 is 1.58 bits per heavy atom. The summed E-state index contributed by atoms with van der Waals surface area (Å²) < 4.78 is 6.25.